The number of nitrogens with one attached hydrogen (secondary N) is 2. The SMILES string of the molecule is Cc1ccc(NC(=O)[C@@H](OC(=O)c2n[nH]c3ccccc23)c2ccccc2)cc1Cl. The molecule has 0 aliphatic rings. The van der Waals surface area contributed by atoms with Crippen LogP contribution >= 0.6 is 11.6 Å². The van der Waals surface area contributed by atoms with E-state index in [1.54, 1.807) is 54.6 Å². The fourth-order valence-corrected chi connectivity index (χ4v) is 3.24. The van der Waals surface area contributed by atoms with Crippen LogP contribution in [0.3, 0.4) is 0 Å². The standard InChI is InChI=1S/C23H18ClN3O3/c1-14-11-12-16(13-18(14)24)25-22(28)21(15-7-3-2-4-8-15)30-23(29)20-17-9-5-6-10-19(17)26-27-20/h2-13,21H,1H3,(H,25,28)(H,26,27)/t21-/m0/s1. The monoisotopic (exact) mass is 419 g/mol. The predicted octanol–water partition coefficient (Wildman–Crippen LogP) is 5.06. The summed E-state index contributed by atoms with van der Waals surface area (Å²) in [4.78, 5) is 25.9. The van der Waals surface area contributed by atoms with E-state index in [4.69, 9.17) is 16.3 Å². The van der Waals surface area contributed by atoms with Gasteiger partial charge in [0.15, 0.2) is 5.69 Å². The molecule has 0 aliphatic carbocycles. The number of ether oxygens (including phenoxy) is 1. The molecule has 0 fully saturated rings. The molecule has 2 N–H and O–H groups in total. The lowest BCUT2D eigenvalue weighted by Crippen LogP contribution is -2.26. The summed E-state index contributed by atoms with van der Waals surface area (Å²) in [6.07, 6.45) is -1.16. The minimum absolute atomic E-state index is 0.123. The minimum atomic E-state index is -1.16. The van der Waals surface area contributed by atoms with Crippen LogP contribution in [0.1, 0.15) is 27.7 Å². The lowest BCUT2D eigenvalue weighted by Gasteiger charge is -2.18. The van der Waals surface area contributed by atoms with Crippen molar-refractivity contribution < 1.29 is 14.3 Å². The van der Waals surface area contributed by atoms with Gasteiger partial charge in [0, 0.05) is 21.7 Å². The van der Waals surface area contributed by atoms with Gasteiger partial charge in [-0.3, -0.25) is 9.89 Å². The highest BCUT2D eigenvalue weighted by Gasteiger charge is 2.27. The maximum absolute atomic E-state index is 13.0. The first-order valence-corrected chi connectivity index (χ1v) is 9.67. The smallest absolute Gasteiger partial charge is 0.360 e. The Labute approximate surface area is 177 Å². The van der Waals surface area contributed by atoms with Crippen molar-refractivity contribution in [2.75, 3.05) is 5.32 Å². The van der Waals surface area contributed by atoms with Crippen LogP contribution in [-0.4, -0.2) is 22.1 Å². The van der Waals surface area contributed by atoms with Crippen LogP contribution in [0.2, 0.25) is 5.02 Å². The molecule has 0 bridgehead atoms. The molecule has 7 heteroatoms. The Morgan fingerprint density at radius 2 is 1.77 bits per heavy atom. The molecule has 0 unspecified atom stereocenters. The first-order valence-electron chi connectivity index (χ1n) is 9.29. The molecule has 6 nitrogen and oxygen atoms in total. The molecule has 1 atom stereocenters. The number of hydrogen-bond donors (Lipinski definition) is 2. The summed E-state index contributed by atoms with van der Waals surface area (Å²) in [6, 6.07) is 21.2. The molecule has 1 amide bonds. The van der Waals surface area contributed by atoms with Crippen molar-refractivity contribution in [1.29, 1.82) is 0 Å². The maximum Gasteiger partial charge on any atom is 0.360 e. The van der Waals surface area contributed by atoms with Crippen LogP contribution in [0, 0.1) is 6.92 Å². The predicted molar refractivity (Wildman–Crippen MR) is 116 cm³/mol. The topological polar surface area (TPSA) is 84.1 Å². The second kappa shape index (κ2) is 8.39. The molecule has 3 aromatic carbocycles. The van der Waals surface area contributed by atoms with Gasteiger partial charge in [0.2, 0.25) is 6.10 Å². The number of carbonyl (C=O) groups excluding carboxylic acids is 2. The summed E-state index contributed by atoms with van der Waals surface area (Å²) in [6.45, 7) is 1.87. The number of anilines is 1. The number of H-pyrrole nitrogens is 1. The van der Waals surface area contributed by atoms with Crippen molar-refractivity contribution in [2.45, 2.75) is 13.0 Å². The van der Waals surface area contributed by atoms with E-state index in [1.165, 1.54) is 0 Å². The second-order valence-electron chi connectivity index (χ2n) is 6.77. The van der Waals surface area contributed by atoms with Gasteiger partial charge in [0.1, 0.15) is 0 Å². The number of esters is 1. The Kier molecular flexibility index (Phi) is 5.50. The lowest BCUT2D eigenvalue weighted by atomic mass is 10.1. The summed E-state index contributed by atoms with van der Waals surface area (Å²) in [5.74, 6) is -1.19. The first kappa shape index (κ1) is 19.7. The number of fused-ring (bicyclic) bond motifs is 1. The van der Waals surface area contributed by atoms with Gasteiger partial charge in [-0.1, -0.05) is 66.2 Å². The zero-order valence-electron chi connectivity index (χ0n) is 16.1. The molecule has 0 saturated carbocycles. The number of nitrogens with zero attached hydrogens (tertiary/aromatic N) is 1. The second-order valence-corrected chi connectivity index (χ2v) is 7.17. The van der Waals surface area contributed by atoms with Crippen LogP contribution < -0.4 is 5.32 Å². The third-order valence-electron chi connectivity index (χ3n) is 4.67. The number of halogens is 1. The van der Waals surface area contributed by atoms with Crippen molar-refractivity contribution in [3.05, 3.63) is 94.6 Å². The Hall–Kier alpha value is -3.64. The molecule has 0 spiro atoms. The highest BCUT2D eigenvalue weighted by atomic mass is 35.5. The summed E-state index contributed by atoms with van der Waals surface area (Å²) in [5, 5.41) is 10.8. The van der Waals surface area contributed by atoms with E-state index in [0.29, 0.717) is 27.2 Å². The number of amides is 1. The summed E-state index contributed by atoms with van der Waals surface area (Å²) in [5.41, 5.74) is 2.78. The highest BCUT2D eigenvalue weighted by molar-refractivity contribution is 6.31. The molecule has 0 aliphatic heterocycles. The van der Waals surface area contributed by atoms with Gasteiger partial charge in [0.05, 0.1) is 5.52 Å². The molecule has 1 heterocycles. The molecule has 150 valence electrons. The van der Waals surface area contributed by atoms with E-state index in [2.05, 4.69) is 15.5 Å². The van der Waals surface area contributed by atoms with Crippen LogP contribution in [0.15, 0.2) is 72.8 Å². The Morgan fingerprint density at radius 3 is 2.53 bits per heavy atom. The van der Waals surface area contributed by atoms with E-state index in [9.17, 15) is 9.59 Å². The van der Waals surface area contributed by atoms with E-state index in [1.807, 2.05) is 25.1 Å². The van der Waals surface area contributed by atoms with Gasteiger partial charge in [-0.15, -0.1) is 0 Å². The van der Waals surface area contributed by atoms with Gasteiger partial charge in [-0.2, -0.15) is 5.10 Å². The van der Waals surface area contributed by atoms with E-state index in [-0.39, 0.29) is 5.69 Å². The van der Waals surface area contributed by atoms with Crippen molar-refractivity contribution in [3.8, 4) is 0 Å². The number of carbonyl (C=O) groups is 2. The van der Waals surface area contributed by atoms with E-state index >= 15 is 0 Å². The zero-order valence-corrected chi connectivity index (χ0v) is 16.8. The third kappa shape index (κ3) is 4.04. The fraction of sp³-hybridized carbons (Fsp3) is 0.0870. The Morgan fingerprint density at radius 1 is 1.03 bits per heavy atom. The number of para-hydroxylation sites is 1. The molecule has 4 rings (SSSR count). The third-order valence-corrected chi connectivity index (χ3v) is 5.08. The molecule has 1 aromatic heterocycles. The van der Waals surface area contributed by atoms with Gasteiger partial charge >= 0.3 is 5.97 Å². The molecular weight excluding hydrogens is 402 g/mol. The first-order chi connectivity index (χ1) is 14.5. The number of hydrogen-bond acceptors (Lipinski definition) is 4. The average molecular weight is 420 g/mol. The van der Waals surface area contributed by atoms with Crippen LogP contribution in [0.25, 0.3) is 10.9 Å². The summed E-state index contributed by atoms with van der Waals surface area (Å²) >= 11 is 6.15. The van der Waals surface area contributed by atoms with Crippen molar-refractivity contribution >= 4 is 40.1 Å². The minimum Gasteiger partial charge on any atom is -0.442 e. The van der Waals surface area contributed by atoms with Gasteiger partial charge in [-0.25, -0.2) is 4.79 Å². The Bertz CT molecular complexity index is 1220. The number of aryl methyl sites for hydroxylation is 1. The van der Waals surface area contributed by atoms with E-state index in [0.717, 1.165) is 5.56 Å². The number of aromatic amines is 1. The molecule has 30 heavy (non-hydrogen) atoms. The fourth-order valence-electron chi connectivity index (χ4n) is 3.06. The maximum atomic E-state index is 13.0. The van der Waals surface area contributed by atoms with Crippen LogP contribution in [-0.2, 0) is 9.53 Å². The number of aromatic nitrogens is 2. The zero-order chi connectivity index (χ0) is 21.1. The molecule has 4 aromatic rings. The highest BCUT2D eigenvalue weighted by Crippen LogP contribution is 2.25. The summed E-state index contributed by atoms with van der Waals surface area (Å²) < 4.78 is 5.61. The van der Waals surface area contributed by atoms with Crippen molar-refractivity contribution in [2.24, 2.45) is 0 Å². The molecule has 0 radical (unpaired) electrons. The average Bonchev–Trinajstić information content (AvgIpc) is 3.19. The van der Waals surface area contributed by atoms with Crippen molar-refractivity contribution in [1.82, 2.24) is 10.2 Å². The van der Waals surface area contributed by atoms with Crippen molar-refractivity contribution in [3.63, 3.8) is 0 Å². The summed E-state index contributed by atoms with van der Waals surface area (Å²) in [7, 11) is 0. The van der Waals surface area contributed by atoms with Gasteiger partial charge in [0.25, 0.3) is 5.91 Å². The molecular formula is C23H18ClN3O3. The quantitative estimate of drug-likeness (QED) is 0.443. The van der Waals surface area contributed by atoms with Gasteiger partial charge in [-0.05, 0) is 30.7 Å². The number of benzene rings is 3. The Balaban J connectivity index is 1.62. The number of rotatable bonds is 5. The van der Waals surface area contributed by atoms with E-state index < -0.39 is 18.0 Å². The largest absolute Gasteiger partial charge is 0.442 e. The van der Waals surface area contributed by atoms with Crippen LogP contribution in [0.4, 0.5) is 5.69 Å². The lowest BCUT2D eigenvalue weighted by molar-refractivity contribution is -0.125. The van der Waals surface area contributed by atoms with Gasteiger partial charge < -0.3 is 10.1 Å². The van der Waals surface area contributed by atoms with Crippen LogP contribution in [0.5, 0.6) is 0 Å². The normalized spacial score (nSPS) is 11.8. The molecule has 0 saturated heterocycles.